The zero-order chi connectivity index (χ0) is 26.6. The average Bonchev–Trinajstić information content (AvgIpc) is 3.40. The minimum Gasteiger partial charge on any atom is -0.272 e. The first-order valence-electron chi connectivity index (χ1n) is 12.3. The van der Waals surface area contributed by atoms with Crippen LogP contribution in [-0.4, -0.2) is 32.6 Å². The molecule has 0 unspecified atom stereocenters. The maximum absolute atomic E-state index is 12.8. The molecule has 0 aliphatic heterocycles. The smallest absolute Gasteiger partial charge is 0.250 e. The highest BCUT2D eigenvalue weighted by atomic mass is 35.5. The molecule has 0 atom stereocenters. The molecular weight excluding hydrogens is 526 g/mol. The van der Waals surface area contributed by atoms with Gasteiger partial charge in [0.05, 0.1) is 12.0 Å². The summed E-state index contributed by atoms with van der Waals surface area (Å²) in [7, 11) is 0. The lowest BCUT2D eigenvalue weighted by Crippen LogP contribution is -2.20. The third kappa shape index (κ3) is 5.27. The third-order valence-corrected chi connectivity index (χ3v) is 7.46. The van der Waals surface area contributed by atoms with Gasteiger partial charge in [0.2, 0.25) is 0 Å². The van der Waals surface area contributed by atoms with Crippen LogP contribution in [0.25, 0.3) is 38.6 Å². The van der Waals surface area contributed by atoms with Gasteiger partial charge >= 0.3 is 0 Å². The lowest BCUT2D eigenvalue weighted by Gasteiger charge is -2.10. The molecule has 0 saturated carbocycles. The minimum atomic E-state index is -0.243. The molecule has 190 valence electrons. The number of rotatable bonds is 7. The molecular formula is C31H22ClN5OS. The van der Waals surface area contributed by atoms with E-state index in [-0.39, 0.29) is 11.7 Å². The van der Waals surface area contributed by atoms with Crippen LogP contribution in [0.15, 0.2) is 119 Å². The largest absolute Gasteiger partial charge is 0.272 e. The van der Waals surface area contributed by atoms with E-state index in [0.717, 1.165) is 38.4 Å². The van der Waals surface area contributed by atoms with E-state index in [2.05, 4.69) is 51.1 Å². The number of carbonyl (C=O) groups excluding carboxylic acids is 1. The molecule has 1 aromatic heterocycles. The van der Waals surface area contributed by atoms with Crippen molar-refractivity contribution < 1.29 is 4.79 Å². The fraction of sp³-hybridized carbons (Fsp3) is 0.0323. The van der Waals surface area contributed by atoms with Crippen LogP contribution in [-0.2, 0) is 4.79 Å². The normalized spacial score (nSPS) is 11.4. The van der Waals surface area contributed by atoms with E-state index in [1.54, 1.807) is 6.21 Å². The summed E-state index contributed by atoms with van der Waals surface area (Å²) in [5, 5.41) is 18.7. The number of hydrogen-bond donors (Lipinski definition) is 1. The Balaban J connectivity index is 1.22. The highest BCUT2D eigenvalue weighted by molar-refractivity contribution is 7.99. The molecule has 8 heteroatoms. The van der Waals surface area contributed by atoms with Gasteiger partial charge in [-0.2, -0.15) is 5.10 Å². The van der Waals surface area contributed by atoms with Crippen LogP contribution in [0.2, 0.25) is 5.02 Å². The number of hydrazone groups is 1. The number of fused-ring (bicyclic) bond motifs is 2. The number of amides is 1. The van der Waals surface area contributed by atoms with E-state index in [1.807, 2.05) is 83.4 Å². The Hall–Kier alpha value is -4.46. The van der Waals surface area contributed by atoms with Gasteiger partial charge in [0.1, 0.15) is 0 Å². The Morgan fingerprint density at radius 1 is 0.846 bits per heavy atom. The molecule has 6 aromatic rings. The number of carbonyl (C=O) groups is 1. The number of nitrogens with zero attached hydrogens (tertiary/aromatic N) is 4. The monoisotopic (exact) mass is 547 g/mol. The number of aromatic nitrogens is 3. The number of hydrogen-bond acceptors (Lipinski definition) is 5. The SMILES string of the molecule is O=C(CSc1nnc(-c2ccccc2)n1-c1ccc(Cl)cc1)NN=Cc1c2ccccc2cc2ccccc12. The molecule has 0 radical (unpaired) electrons. The van der Waals surface area contributed by atoms with Crippen LogP contribution in [0.1, 0.15) is 5.56 Å². The number of benzene rings is 5. The van der Waals surface area contributed by atoms with Crippen molar-refractivity contribution in [2.75, 3.05) is 5.75 Å². The van der Waals surface area contributed by atoms with Crippen molar-refractivity contribution in [3.63, 3.8) is 0 Å². The van der Waals surface area contributed by atoms with Crippen molar-refractivity contribution in [3.8, 4) is 17.1 Å². The predicted molar refractivity (Wildman–Crippen MR) is 160 cm³/mol. The van der Waals surface area contributed by atoms with Crippen molar-refractivity contribution in [1.82, 2.24) is 20.2 Å². The molecule has 1 heterocycles. The van der Waals surface area contributed by atoms with Gasteiger partial charge in [0, 0.05) is 21.8 Å². The average molecular weight is 548 g/mol. The highest BCUT2D eigenvalue weighted by Gasteiger charge is 2.17. The first-order chi connectivity index (χ1) is 19.2. The summed E-state index contributed by atoms with van der Waals surface area (Å²) < 4.78 is 1.93. The molecule has 1 N–H and O–H groups in total. The summed E-state index contributed by atoms with van der Waals surface area (Å²) in [6.45, 7) is 0. The van der Waals surface area contributed by atoms with Crippen LogP contribution in [0, 0.1) is 0 Å². The van der Waals surface area contributed by atoms with E-state index in [0.29, 0.717) is 16.0 Å². The predicted octanol–water partition coefficient (Wildman–Crippen LogP) is 7.14. The lowest BCUT2D eigenvalue weighted by molar-refractivity contribution is -0.118. The number of nitrogens with one attached hydrogen (secondary N) is 1. The molecule has 0 spiro atoms. The summed E-state index contributed by atoms with van der Waals surface area (Å²) in [6, 6.07) is 35.7. The van der Waals surface area contributed by atoms with E-state index in [4.69, 9.17) is 11.6 Å². The van der Waals surface area contributed by atoms with E-state index >= 15 is 0 Å². The van der Waals surface area contributed by atoms with Crippen LogP contribution in [0.4, 0.5) is 0 Å². The second-order valence-electron chi connectivity index (χ2n) is 8.80. The van der Waals surface area contributed by atoms with Crippen molar-refractivity contribution in [1.29, 1.82) is 0 Å². The number of thioether (sulfide) groups is 1. The zero-order valence-electron chi connectivity index (χ0n) is 20.7. The molecule has 0 saturated heterocycles. The maximum atomic E-state index is 12.8. The van der Waals surface area contributed by atoms with Gasteiger partial charge in [0.15, 0.2) is 11.0 Å². The van der Waals surface area contributed by atoms with Gasteiger partial charge < -0.3 is 0 Å². The van der Waals surface area contributed by atoms with Crippen molar-refractivity contribution in [2.45, 2.75) is 5.16 Å². The van der Waals surface area contributed by atoms with Gasteiger partial charge in [0.25, 0.3) is 5.91 Å². The molecule has 0 bridgehead atoms. The molecule has 5 aromatic carbocycles. The quantitative estimate of drug-likeness (QED) is 0.0998. The van der Waals surface area contributed by atoms with Gasteiger partial charge in [-0.05, 0) is 51.9 Å². The van der Waals surface area contributed by atoms with Gasteiger partial charge in [-0.3, -0.25) is 9.36 Å². The second kappa shape index (κ2) is 11.1. The van der Waals surface area contributed by atoms with E-state index in [1.165, 1.54) is 11.8 Å². The summed E-state index contributed by atoms with van der Waals surface area (Å²) in [5.74, 6) is 0.558. The van der Waals surface area contributed by atoms with E-state index < -0.39 is 0 Å². The summed E-state index contributed by atoms with van der Waals surface area (Å²) in [6.07, 6.45) is 1.72. The Morgan fingerprint density at radius 3 is 2.18 bits per heavy atom. The van der Waals surface area contributed by atoms with Crippen molar-refractivity contribution in [2.24, 2.45) is 5.10 Å². The minimum absolute atomic E-state index is 0.119. The Labute approximate surface area is 234 Å². The van der Waals surface area contributed by atoms with Crippen LogP contribution >= 0.6 is 23.4 Å². The maximum Gasteiger partial charge on any atom is 0.250 e. The highest BCUT2D eigenvalue weighted by Crippen LogP contribution is 2.29. The van der Waals surface area contributed by atoms with E-state index in [9.17, 15) is 4.79 Å². The zero-order valence-corrected chi connectivity index (χ0v) is 22.2. The summed E-state index contributed by atoms with van der Waals surface area (Å²) >= 11 is 7.41. The molecule has 0 fully saturated rings. The lowest BCUT2D eigenvalue weighted by atomic mass is 9.97. The van der Waals surface area contributed by atoms with Gasteiger partial charge in [-0.25, -0.2) is 5.43 Å². The fourth-order valence-electron chi connectivity index (χ4n) is 4.48. The second-order valence-corrected chi connectivity index (χ2v) is 10.2. The summed E-state index contributed by atoms with van der Waals surface area (Å²) in [4.78, 5) is 12.8. The molecule has 6 nitrogen and oxygen atoms in total. The molecule has 0 aliphatic carbocycles. The molecule has 39 heavy (non-hydrogen) atoms. The first-order valence-corrected chi connectivity index (χ1v) is 13.7. The van der Waals surface area contributed by atoms with Crippen LogP contribution < -0.4 is 5.43 Å². The third-order valence-electron chi connectivity index (χ3n) is 6.28. The van der Waals surface area contributed by atoms with Crippen molar-refractivity contribution >= 4 is 57.0 Å². The van der Waals surface area contributed by atoms with Crippen LogP contribution in [0.5, 0.6) is 0 Å². The van der Waals surface area contributed by atoms with Gasteiger partial charge in [-0.1, -0.05) is 102 Å². The molecule has 0 aliphatic rings. The van der Waals surface area contributed by atoms with Crippen LogP contribution in [0.3, 0.4) is 0 Å². The molecule has 6 rings (SSSR count). The summed E-state index contributed by atoms with van der Waals surface area (Å²) in [5.41, 5.74) is 5.41. The molecule has 1 amide bonds. The fourth-order valence-corrected chi connectivity index (χ4v) is 5.35. The first kappa shape index (κ1) is 24.9. The van der Waals surface area contributed by atoms with Crippen molar-refractivity contribution in [3.05, 3.63) is 120 Å². The Kier molecular flexibility index (Phi) is 7.08. The van der Waals surface area contributed by atoms with Gasteiger partial charge in [-0.15, -0.1) is 10.2 Å². The Morgan fingerprint density at radius 2 is 1.49 bits per heavy atom. The number of halogens is 1. The standard InChI is InChI=1S/C31H22ClN5OS/c32-24-14-16-25(17-15-24)37-30(21-8-2-1-3-9-21)35-36-31(37)39-20-29(38)34-33-19-28-26-12-6-4-10-22(26)18-23-11-5-7-13-27(23)28/h1-19H,20H2,(H,34,38). The topological polar surface area (TPSA) is 72.2 Å². The Bertz CT molecular complexity index is 1760.